The highest BCUT2D eigenvalue weighted by molar-refractivity contribution is 5.85. The van der Waals surface area contributed by atoms with E-state index in [0.29, 0.717) is 0 Å². The van der Waals surface area contributed by atoms with Gasteiger partial charge in [-0.15, -0.1) is 12.4 Å². The fourth-order valence-electron chi connectivity index (χ4n) is 2.63. The molecule has 0 atom stereocenters. The van der Waals surface area contributed by atoms with Crippen LogP contribution in [0.5, 0.6) is 5.75 Å². The molecule has 4 nitrogen and oxygen atoms in total. The molecule has 0 amide bonds. The Hall–Kier alpha value is -2.59. The molecule has 0 aliphatic carbocycles. The van der Waals surface area contributed by atoms with Gasteiger partial charge in [-0.1, -0.05) is 17.7 Å². The molecule has 1 aromatic heterocycles. The minimum Gasteiger partial charge on any atom is -0.497 e. The predicted molar refractivity (Wildman–Crippen MR) is 105 cm³/mol. The van der Waals surface area contributed by atoms with Gasteiger partial charge in [0, 0.05) is 17.3 Å². The highest BCUT2D eigenvalue weighted by atomic mass is 35.5. The average molecular weight is 356 g/mol. The molecule has 130 valence electrons. The van der Waals surface area contributed by atoms with Gasteiger partial charge in [0.05, 0.1) is 12.8 Å². The molecule has 0 aliphatic heterocycles. The standard InChI is InChI=1S/C20H21N3O.ClH/c1-13-5-10-18(14(2)11-13)23-20-12-19(21-15(3)22-20)16-6-8-17(24-4)9-7-16;/h5-12H,1-4H3,(H,21,22,23);1H. The number of hydrogen-bond donors (Lipinski definition) is 1. The van der Waals surface area contributed by atoms with Gasteiger partial charge in [0.25, 0.3) is 0 Å². The van der Waals surface area contributed by atoms with Crippen molar-refractivity contribution in [3.63, 3.8) is 0 Å². The summed E-state index contributed by atoms with van der Waals surface area (Å²) in [5, 5.41) is 3.40. The summed E-state index contributed by atoms with van der Waals surface area (Å²) in [6, 6.07) is 16.2. The monoisotopic (exact) mass is 355 g/mol. The lowest BCUT2D eigenvalue weighted by atomic mass is 10.1. The number of aromatic nitrogens is 2. The van der Waals surface area contributed by atoms with Crippen molar-refractivity contribution in [2.75, 3.05) is 12.4 Å². The van der Waals surface area contributed by atoms with Crippen molar-refractivity contribution < 1.29 is 4.74 Å². The molecule has 0 saturated heterocycles. The van der Waals surface area contributed by atoms with Crippen molar-refractivity contribution >= 4 is 23.9 Å². The third kappa shape index (κ3) is 4.48. The first kappa shape index (κ1) is 18.7. The lowest BCUT2D eigenvalue weighted by molar-refractivity contribution is 0.415. The van der Waals surface area contributed by atoms with E-state index in [9.17, 15) is 0 Å². The highest BCUT2D eigenvalue weighted by Gasteiger charge is 2.07. The number of aryl methyl sites for hydroxylation is 3. The molecule has 0 saturated carbocycles. The summed E-state index contributed by atoms with van der Waals surface area (Å²) in [7, 11) is 1.66. The number of nitrogens with zero attached hydrogens (tertiary/aromatic N) is 2. The number of ether oxygens (including phenoxy) is 1. The van der Waals surface area contributed by atoms with E-state index in [1.807, 2.05) is 37.3 Å². The van der Waals surface area contributed by atoms with Crippen molar-refractivity contribution in [1.29, 1.82) is 0 Å². The van der Waals surface area contributed by atoms with E-state index < -0.39 is 0 Å². The maximum atomic E-state index is 5.21. The van der Waals surface area contributed by atoms with Crippen LogP contribution in [0.15, 0.2) is 48.5 Å². The Morgan fingerprint density at radius 2 is 1.60 bits per heavy atom. The first-order valence-electron chi connectivity index (χ1n) is 7.89. The first-order chi connectivity index (χ1) is 11.5. The third-order valence-electron chi connectivity index (χ3n) is 3.87. The van der Waals surface area contributed by atoms with Gasteiger partial charge in [-0.3, -0.25) is 0 Å². The lowest BCUT2D eigenvalue weighted by Gasteiger charge is -2.11. The van der Waals surface area contributed by atoms with Crippen molar-refractivity contribution in [3.05, 3.63) is 65.5 Å². The van der Waals surface area contributed by atoms with Crippen LogP contribution < -0.4 is 10.1 Å². The number of nitrogens with one attached hydrogen (secondary N) is 1. The van der Waals surface area contributed by atoms with Crippen molar-refractivity contribution in [2.24, 2.45) is 0 Å². The molecule has 0 spiro atoms. The summed E-state index contributed by atoms with van der Waals surface area (Å²) in [4.78, 5) is 9.05. The van der Waals surface area contributed by atoms with Crippen LogP contribution in [-0.2, 0) is 0 Å². The minimum atomic E-state index is 0. The molecule has 3 aromatic rings. The molecule has 5 heteroatoms. The highest BCUT2D eigenvalue weighted by Crippen LogP contribution is 2.25. The summed E-state index contributed by atoms with van der Waals surface area (Å²) >= 11 is 0. The van der Waals surface area contributed by atoms with Crippen LogP contribution in [0, 0.1) is 20.8 Å². The van der Waals surface area contributed by atoms with Gasteiger partial charge < -0.3 is 10.1 Å². The maximum Gasteiger partial charge on any atom is 0.134 e. The fraction of sp³-hybridized carbons (Fsp3) is 0.200. The minimum absolute atomic E-state index is 0. The Labute approximate surface area is 154 Å². The Morgan fingerprint density at radius 3 is 2.24 bits per heavy atom. The van der Waals surface area contributed by atoms with Crippen LogP contribution in [0.25, 0.3) is 11.3 Å². The quantitative estimate of drug-likeness (QED) is 0.695. The summed E-state index contributed by atoms with van der Waals surface area (Å²) < 4.78 is 5.21. The Kier molecular flexibility index (Phi) is 5.99. The SMILES string of the molecule is COc1ccc(-c2cc(Nc3ccc(C)cc3C)nc(C)n2)cc1.Cl. The maximum absolute atomic E-state index is 5.21. The summed E-state index contributed by atoms with van der Waals surface area (Å²) in [6.07, 6.45) is 0. The Balaban J connectivity index is 0.00000225. The van der Waals surface area contributed by atoms with Crippen LogP contribution in [0.4, 0.5) is 11.5 Å². The molecule has 0 bridgehead atoms. The second-order valence-corrected chi connectivity index (χ2v) is 5.86. The second kappa shape index (κ2) is 7.99. The van der Waals surface area contributed by atoms with Gasteiger partial charge in [-0.25, -0.2) is 9.97 Å². The topological polar surface area (TPSA) is 47.0 Å². The molecule has 0 fully saturated rings. The third-order valence-corrected chi connectivity index (χ3v) is 3.87. The second-order valence-electron chi connectivity index (χ2n) is 5.86. The van der Waals surface area contributed by atoms with Gasteiger partial charge >= 0.3 is 0 Å². The van der Waals surface area contributed by atoms with E-state index >= 15 is 0 Å². The van der Waals surface area contributed by atoms with E-state index in [0.717, 1.165) is 34.3 Å². The number of hydrogen-bond acceptors (Lipinski definition) is 4. The Bertz CT molecular complexity index is 863. The molecular weight excluding hydrogens is 334 g/mol. The summed E-state index contributed by atoms with van der Waals surface area (Å²) in [5.41, 5.74) is 5.41. The van der Waals surface area contributed by atoms with Gasteiger partial charge in [0.15, 0.2) is 0 Å². The molecule has 0 aliphatic rings. The molecule has 1 heterocycles. The van der Waals surface area contributed by atoms with Gasteiger partial charge in [0.2, 0.25) is 0 Å². The molecule has 1 N–H and O–H groups in total. The fourth-order valence-corrected chi connectivity index (χ4v) is 2.63. The normalized spacial score (nSPS) is 10.1. The van der Waals surface area contributed by atoms with Gasteiger partial charge in [-0.2, -0.15) is 0 Å². The molecule has 0 unspecified atom stereocenters. The van der Waals surface area contributed by atoms with E-state index in [-0.39, 0.29) is 12.4 Å². The van der Waals surface area contributed by atoms with Crippen LogP contribution >= 0.6 is 12.4 Å². The molecule has 0 radical (unpaired) electrons. The van der Waals surface area contributed by atoms with E-state index in [4.69, 9.17) is 4.74 Å². The Morgan fingerprint density at radius 1 is 0.880 bits per heavy atom. The molecular formula is C20H22ClN3O. The van der Waals surface area contributed by atoms with Crippen molar-refractivity contribution in [2.45, 2.75) is 20.8 Å². The molecule has 3 rings (SSSR count). The smallest absolute Gasteiger partial charge is 0.134 e. The van der Waals surface area contributed by atoms with Crippen LogP contribution in [0.1, 0.15) is 17.0 Å². The summed E-state index contributed by atoms with van der Waals surface area (Å²) in [6.45, 7) is 6.08. The zero-order valence-electron chi connectivity index (χ0n) is 14.8. The van der Waals surface area contributed by atoms with Crippen molar-refractivity contribution in [1.82, 2.24) is 9.97 Å². The number of anilines is 2. The van der Waals surface area contributed by atoms with E-state index in [2.05, 4.69) is 47.3 Å². The average Bonchev–Trinajstić information content (AvgIpc) is 2.57. The van der Waals surface area contributed by atoms with Gasteiger partial charge in [0.1, 0.15) is 17.4 Å². The number of rotatable bonds is 4. The zero-order chi connectivity index (χ0) is 17.1. The largest absolute Gasteiger partial charge is 0.497 e. The van der Waals surface area contributed by atoms with Crippen molar-refractivity contribution in [3.8, 4) is 17.0 Å². The first-order valence-corrected chi connectivity index (χ1v) is 7.89. The lowest BCUT2D eigenvalue weighted by Crippen LogP contribution is -2.00. The molecule has 2 aromatic carbocycles. The predicted octanol–water partition coefficient (Wildman–Crippen LogP) is 5.24. The van der Waals surface area contributed by atoms with Gasteiger partial charge in [-0.05, 0) is 56.7 Å². The summed E-state index contributed by atoms with van der Waals surface area (Å²) in [5.74, 6) is 2.36. The van der Waals surface area contributed by atoms with E-state index in [1.165, 1.54) is 11.1 Å². The van der Waals surface area contributed by atoms with Crippen LogP contribution in [0.2, 0.25) is 0 Å². The van der Waals surface area contributed by atoms with Crippen LogP contribution in [-0.4, -0.2) is 17.1 Å². The number of benzene rings is 2. The number of methoxy groups -OCH3 is 1. The molecule has 25 heavy (non-hydrogen) atoms. The van der Waals surface area contributed by atoms with E-state index in [1.54, 1.807) is 7.11 Å². The zero-order valence-corrected chi connectivity index (χ0v) is 15.6. The van der Waals surface area contributed by atoms with Crippen LogP contribution in [0.3, 0.4) is 0 Å². The number of halogens is 1.